The van der Waals surface area contributed by atoms with E-state index in [1.54, 1.807) is 12.3 Å². The maximum Gasteiger partial charge on any atom is 0.269 e. The fourth-order valence-corrected chi connectivity index (χ4v) is 3.38. The Morgan fingerprint density at radius 3 is 2.60 bits per heavy atom. The summed E-state index contributed by atoms with van der Waals surface area (Å²) in [4.78, 5) is 21.0. The van der Waals surface area contributed by atoms with Crippen LogP contribution in [0, 0.1) is 13.8 Å². The highest BCUT2D eigenvalue weighted by Crippen LogP contribution is 2.29. The molecule has 0 unspecified atom stereocenters. The van der Waals surface area contributed by atoms with E-state index in [0.717, 1.165) is 33.9 Å². The van der Waals surface area contributed by atoms with Crippen molar-refractivity contribution in [3.63, 3.8) is 0 Å². The molecule has 30 heavy (non-hydrogen) atoms. The number of fused-ring (bicyclic) bond motifs is 1. The zero-order valence-corrected chi connectivity index (χ0v) is 17.3. The lowest BCUT2D eigenvalue weighted by Gasteiger charge is -2.09. The van der Waals surface area contributed by atoms with Gasteiger partial charge in [0, 0.05) is 24.5 Å². The van der Waals surface area contributed by atoms with Gasteiger partial charge in [-0.15, -0.1) is 0 Å². The van der Waals surface area contributed by atoms with Crippen molar-refractivity contribution < 1.29 is 9.53 Å². The number of nitrogens with zero attached hydrogens (tertiary/aromatic N) is 3. The number of rotatable bonds is 6. The third-order valence-electron chi connectivity index (χ3n) is 4.91. The lowest BCUT2D eigenvalue weighted by atomic mass is 10.1. The zero-order chi connectivity index (χ0) is 21.1. The highest BCUT2D eigenvalue weighted by atomic mass is 16.5. The van der Waals surface area contributed by atoms with E-state index in [4.69, 9.17) is 9.72 Å². The average Bonchev–Trinajstić information content (AvgIpc) is 3.10. The van der Waals surface area contributed by atoms with Gasteiger partial charge in [-0.25, -0.2) is 4.98 Å². The molecule has 4 aromatic rings. The Kier molecular flexibility index (Phi) is 5.48. The van der Waals surface area contributed by atoms with Crippen LogP contribution >= 0.6 is 0 Å². The number of carbonyl (C=O) groups is 1. The second-order valence-corrected chi connectivity index (χ2v) is 7.18. The van der Waals surface area contributed by atoms with Crippen LogP contribution in [0.25, 0.3) is 16.9 Å². The molecule has 3 aromatic heterocycles. The van der Waals surface area contributed by atoms with Gasteiger partial charge in [0.25, 0.3) is 5.91 Å². The summed E-state index contributed by atoms with van der Waals surface area (Å²) in [6.45, 7) is 6.96. The smallest absolute Gasteiger partial charge is 0.269 e. The van der Waals surface area contributed by atoms with Crippen LogP contribution < -0.4 is 10.1 Å². The summed E-state index contributed by atoms with van der Waals surface area (Å²) in [6, 6.07) is 15.8. The Bertz CT molecular complexity index is 1180. The number of nitrogens with one attached hydrogen (secondary N) is 1. The number of amides is 1. The first-order chi connectivity index (χ1) is 14.6. The largest absolute Gasteiger partial charge is 0.485 e. The molecule has 3 heterocycles. The average molecular weight is 400 g/mol. The van der Waals surface area contributed by atoms with Crippen LogP contribution in [0.2, 0.25) is 0 Å². The fourth-order valence-electron chi connectivity index (χ4n) is 3.38. The van der Waals surface area contributed by atoms with Crippen LogP contribution in [0.5, 0.6) is 5.75 Å². The first kappa shape index (κ1) is 19.6. The van der Waals surface area contributed by atoms with E-state index >= 15 is 0 Å². The van der Waals surface area contributed by atoms with E-state index in [0.29, 0.717) is 18.8 Å². The van der Waals surface area contributed by atoms with Gasteiger partial charge in [-0.3, -0.25) is 14.2 Å². The number of imidazole rings is 1. The number of ether oxygens (including phenoxy) is 1. The Hall–Kier alpha value is -3.67. The number of pyridine rings is 2. The van der Waals surface area contributed by atoms with Crippen molar-refractivity contribution >= 4 is 11.6 Å². The normalized spacial score (nSPS) is 10.9. The van der Waals surface area contributed by atoms with Crippen molar-refractivity contribution in [3.8, 4) is 17.0 Å². The monoisotopic (exact) mass is 400 g/mol. The molecule has 1 aromatic carbocycles. The van der Waals surface area contributed by atoms with Gasteiger partial charge in [-0.2, -0.15) is 0 Å². The number of aromatic nitrogens is 3. The summed E-state index contributed by atoms with van der Waals surface area (Å²) in [6.07, 6.45) is 3.67. The highest BCUT2D eigenvalue weighted by molar-refractivity contribution is 5.92. The predicted octanol–water partition coefficient (Wildman–Crippen LogP) is 4.34. The highest BCUT2D eigenvalue weighted by Gasteiger charge is 2.15. The van der Waals surface area contributed by atoms with Gasteiger partial charge in [0.15, 0.2) is 11.4 Å². The molecule has 0 aliphatic heterocycles. The molecule has 152 valence electrons. The molecule has 0 saturated heterocycles. The summed E-state index contributed by atoms with van der Waals surface area (Å²) in [5.41, 5.74) is 6.18. The lowest BCUT2D eigenvalue weighted by Crippen LogP contribution is -2.23. The SMILES string of the molecule is CCNC(=O)c1ccc(-c2c(C)nc3c(OCc4ccc(C)cc4)cccn23)cn1. The maximum atomic E-state index is 12.0. The Balaban J connectivity index is 1.64. The number of aryl methyl sites for hydroxylation is 2. The molecule has 0 saturated carbocycles. The molecule has 0 fully saturated rings. The molecule has 6 heteroatoms. The zero-order valence-electron chi connectivity index (χ0n) is 17.3. The molecule has 0 atom stereocenters. The first-order valence-electron chi connectivity index (χ1n) is 9.97. The fraction of sp³-hybridized carbons (Fsp3) is 0.208. The topological polar surface area (TPSA) is 68.5 Å². The standard InChI is InChI=1S/C24H24N4O2/c1-4-25-24(29)20-12-11-19(14-26-20)22-17(3)27-23-21(6-5-13-28(22)23)30-15-18-9-7-16(2)8-10-18/h5-14H,4,15H2,1-3H3,(H,25,29). The van der Waals surface area contributed by atoms with E-state index in [1.165, 1.54) is 5.56 Å². The summed E-state index contributed by atoms with van der Waals surface area (Å²) >= 11 is 0. The second-order valence-electron chi connectivity index (χ2n) is 7.18. The van der Waals surface area contributed by atoms with Crippen LogP contribution in [-0.2, 0) is 6.61 Å². The number of benzene rings is 1. The van der Waals surface area contributed by atoms with Crippen molar-refractivity contribution in [3.05, 3.63) is 83.4 Å². The number of carbonyl (C=O) groups excluding carboxylic acids is 1. The van der Waals surface area contributed by atoms with Crippen LogP contribution in [0.4, 0.5) is 0 Å². The van der Waals surface area contributed by atoms with E-state index < -0.39 is 0 Å². The minimum absolute atomic E-state index is 0.175. The van der Waals surface area contributed by atoms with Gasteiger partial charge >= 0.3 is 0 Å². The summed E-state index contributed by atoms with van der Waals surface area (Å²) in [5.74, 6) is 0.546. The molecule has 0 spiro atoms. The first-order valence-corrected chi connectivity index (χ1v) is 9.97. The maximum absolute atomic E-state index is 12.0. The molecule has 4 rings (SSSR count). The molecular weight excluding hydrogens is 376 g/mol. The quantitative estimate of drug-likeness (QED) is 0.523. The van der Waals surface area contributed by atoms with E-state index in [2.05, 4.69) is 41.5 Å². The van der Waals surface area contributed by atoms with Crippen molar-refractivity contribution in [1.82, 2.24) is 19.7 Å². The third-order valence-corrected chi connectivity index (χ3v) is 4.91. The predicted molar refractivity (Wildman–Crippen MR) is 117 cm³/mol. The van der Waals surface area contributed by atoms with Gasteiger partial charge in [0.05, 0.1) is 11.4 Å². The number of hydrogen-bond donors (Lipinski definition) is 1. The summed E-state index contributed by atoms with van der Waals surface area (Å²) in [5, 5.41) is 2.76. The number of hydrogen-bond acceptors (Lipinski definition) is 4. The third kappa shape index (κ3) is 3.89. The van der Waals surface area contributed by atoms with Crippen LogP contribution in [-0.4, -0.2) is 26.8 Å². The Labute approximate surface area is 175 Å². The molecule has 0 bridgehead atoms. The van der Waals surface area contributed by atoms with Crippen molar-refractivity contribution in [2.24, 2.45) is 0 Å². The molecule has 6 nitrogen and oxygen atoms in total. The van der Waals surface area contributed by atoms with Gasteiger partial charge in [0.1, 0.15) is 12.3 Å². The second kappa shape index (κ2) is 8.37. The Morgan fingerprint density at radius 2 is 1.90 bits per heavy atom. The van der Waals surface area contributed by atoms with E-state index in [-0.39, 0.29) is 5.91 Å². The van der Waals surface area contributed by atoms with E-state index in [1.807, 2.05) is 42.6 Å². The minimum Gasteiger partial charge on any atom is -0.485 e. The molecule has 0 radical (unpaired) electrons. The molecule has 0 aliphatic carbocycles. The van der Waals surface area contributed by atoms with E-state index in [9.17, 15) is 4.79 Å². The van der Waals surface area contributed by atoms with Gasteiger partial charge in [0.2, 0.25) is 0 Å². The summed E-state index contributed by atoms with van der Waals surface area (Å²) < 4.78 is 8.08. The lowest BCUT2D eigenvalue weighted by molar-refractivity contribution is 0.0951. The summed E-state index contributed by atoms with van der Waals surface area (Å²) in [7, 11) is 0. The minimum atomic E-state index is -0.175. The molecule has 0 aliphatic rings. The van der Waals surface area contributed by atoms with Gasteiger partial charge in [-0.05, 0) is 50.6 Å². The van der Waals surface area contributed by atoms with Crippen molar-refractivity contribution in [2.45, 2.75) is 27.4 Å². The molecular formula is C24H24N4O2. The van der Waals surface area contributed by atoms with Gasteiger partial charge < -0.3 is 10.1 Å². The van der Waals surface area contributed by atoms with Gasteiger partial charge in [-0.1, -0.05) is 29.8 Å². The van der Waals surface area contributed by atoms with Crippen LogP contribution in [0.3, 0.4) is 0 Å². The molecule has 1 amide bonds. The molecule has 1 N–H and O–H groups in total. The van der Waals surface area contributed by atoms with Crippen molar-refractivity contribution in [1.29, 1.82) is 0 Å². The van der Waals surface area contributed by atoms with Crippen molar-refractivity contribution in [2.75, 3.05) is 6.54 Å². The van der Waals surface area contributed by atoms with Crippen LogP contribution in [0.1, 0.15) is 34.2 Å². The van der Waals surface area contributed by atoms with Crippen LogP contribution in [0.15, 0.2) is 60.9 Å². The Morgan fingerprint density at radius 1 is 1.10 bits per heavy atom.